The van der Waals surface area contributed by atoms with Crippen LogP contribution in [0.25, 0.3) is 0 Å². The molecule has 148 valence electrons. The van der Waals surface area contributed by atoms with Crippen LogP contribution in [0.5, 0.6) is 11.5 Å². The van der Waals surface area contributed by atoms with Crippen LogP contribution in [-0.2, 0) is 14.3 Å². The van der Waals surface area contributed by atoms with E-state index in [-0.39, 0.29) is 17.9 Å². The minimum absolute atomic E-state index is 0.115. The number of ketones is 1. The Kier molecular flexibility index (Phi) is 5.04. The molecule has 0 saturated heterocycles. The Morgan fingerprint density at radius 1 is 1.32 bits per heavy atom. The summed E-state index contributed by atoms with van der Waals surface area (Å²) in [6.07, 6.45) is 5.34. The van der Waals surface area contributed by atoms with Gasteiger partial charge in [0.2, 0.25) is 0 Å². The standard InChI is InChI=1S/C21H22O7/c1-4-5-14-7-12-8-17(24)21(3,26)19(15(12)10-27-14)28-20(25)18-11(2)6-13(22)9-16(18)23/h4-9,15,19,22-23,26H,10H2,1-3H3/t15-,19+,21-/m1/s1. The molecule has 0 saturated carbocycles. The number of fused-ring (bicyclic) bond motifs is 1. The highest BCUT2D eigenvalue weighted by Gasteiger charge is 2.51. The van der Waals surface area contributed by atoms with E-state index in [0.29, 0.717) is 16.9 Å². The summed E-state index contributed by atoms with van der Waals surface area (Å²) in [4.78, 5) is 25.2. The Hall–Kier alpha value is -3.06. The zero-order valence-corrected chi connectivity index (χ0v) is 15.8. The van der Waals surface area contributed by atoms with Gasteiger partial charge in [-0.1, -0.05) is 6.08 Å². The lowest BCUT2D eigenvalue weighted by atomic mass is 9.75. The van der Waals surface area contributed by atoms with Gasteiger partial charge in [-0.05, 0) is 56.2 Å². The Labute approximate surface area is 162 Å². The van der Waals surface area contributed by atoms with Gasteiger partial charge in [0, 0.05) is 6.07 Å². The average molecular weight is 386 g/mol. The van der Waals surface area contributed by atoms with Crippen LogP contribution in [0.4, 0.5) is 0 Å². The molecule has 1 aliphatic heterocycles. The minimum atomic E-state index is -1.94. The third kappa shape index (κ3) is 3.41. The maximum absolute atomic E-state index is 12.7. The fourth-order valence-electron chi connectivity index (χ4n) is 3.48. The molecule has 0 amide bonds. The molecule has 3 N–H and O–H groups in total. The van der Waals surface area contributed by atoms with Crippen molar-refractivity contribution < 1.29 is 34.4 Å². The number of hydrogen-bond acceptors (Lipinski definition) is 7. The van der Waals surface area contributed by atoms with Gasteiger partial charge in [0.05, 0.1) is 12.5 Å². The molecule has 0 aromatic heterocycles. The van der Waals surface area contributed by atoms with Crippen molar-refractivity contribution in [3.05, 3.63) is 58.9 Å². The first-order valence-corrected chi connectivity index (χ1v) is 8.84. The van der Waals surface area contributed by atoms with E-state index < -0.39 is 35.1 Å². The number of ether oxygens (including phenoxy) is 2. The van der Waals surface area contributed by atoms with E-state index >= 15 is 0 Å². The first kappa shape index (κ1) is 19.7. The maximum Gasteiger partial charge on any atom is 0.342 e. The molecule has 0 spiro atoms. The zero-order valence-electron chi connectivity index (χ0n) is 15.8. The number of aryl methyl sites for hydroxylation is 1. The van der Waals surface area contributed by atoms with Gasteiger partial charge in [-0.2, -0.15) is 0 Å². The van der Waals surface area contributed by atoms with Crippen LogP contribution < -0.4 is 0 Å². The maximum atomic E-state index is 12.7. The van der Waals surface area contributed by atoms with Crippen LogP contribution in [0.15, 0.2) is 47.8 Å². The van der Waals surface area contributed by atoms with E-state index in [4.69, 9.17) is 9.47 Å². The number of phenolic OH excluding ortho intramolecular Hbond substituents is 2. The fourth-order valence-corrected chi connectivity index (χ4v) is 3.48. The highest BCUT2D eigenvalue weighted by atomic mass is 16.6. The monoisotopic (exact) mass is 386 g/mol. The quantitative estimate of drug-likeness (QED) is 0.683. The van der Waals surface area contributed by atoms with Crippen LogP contribution in [0.1, 0.15) is 29.8 Å². The zero-order chi connectivity index (χ0) is 20.6. The molecule has 1 heterocycles. The number of carbonyl (C=O) groups is 2. The number of benzene rings is 1. The Morgan fingerprint density at radius 3 is 2.68 bits per heavy atom. The van der Waals surface area contributed by atoms with Crippen molar-refractivity contribution in [2.75, 3.05) is 6.61 Å². The molecule has 3 rings (SSSR count). The van der Waals surface area contributed by atoms with Crippen LogP contribution >= 0.6 is 0 Å². The van der Waals surface area contributed by atoms with Crippen molar-refractivity contribution in [1.82, 2.24) is 0 Å². The van der Waals surface area contributed by atoms with E-state index in [9.17, 15) is 24.9 Å². The number of aromatic hydroxyl groups is 2. The molecule has 1 aromatic rings. The van der Waals surface area contributed by atoms with E-state index in [0.717, 1.165) is 6.07 Å². The molecule has 1 aromatic carbocycles. The van der Waals surface area contributed by atoms with Crippen LogP contribution in [0.2, 0.25) is 0 Å². The lowest BCUT2D eigenvalue weighted by Gasteiger charge is -2.41. The number of rotatable bonds is 3. The molecule has 0 radical (unpaired) electrons. The number of allylic oxidation sites excluding steroid dienone is 3. The molecular formula is C21H22O7. The highest BCUT2D eigenvalue weighted by Crippen LogP contribution is 2.38. The molecule has 1 aliphatic carbocycles. The molecule has 0 fully saturated rings. The van der Waals surface area contributed by atoms with Gasteiger partial charge in [0.25, 0.3) is 0 Å². The first-order valence-electron chi connectivity index (χ1n) is 8.84. The minimum Gasteiger partial charge on any atom is -0.508 e. The smallest absolute Gasteiger partial charge is 0.342 e. The van der Waals surface area contributed by atoms with E-state index in [1.165, 1.54) is 26.0 Å². The topological polar surface area (TPSA) is 113 Å². The van der Waals surface area contributed by atoms with Crippen LogP contribution in [0, 0.1) is 12.8 Å². The summed E-state index contributed by atoms with van der Waals surface area (Å²) < 4.78 is 11.1. The lowest BCUT2D eigenvalue weighted by Crippen LogP contribution is -2.56. The normalized spacial score (nSPS) is 26.9. The number of esters is 1. The van der Waals surface area contributed by atoms with Gasteiger partial charge in [-0.25, -0.2) is 4.79 Å². The average Bonchev–Trinajstić information content (AvgIpc) is 2.58. The molecule has 0 unspecified atom stereocenters. The second kappa shape index (κ2) is 7.16. The number of phenols is 2. The predicted octanol–water partition coefficient (Wildman–Crippen LogP) is 2.30. The Balaban J connectivity index is 1.96. The summed E-state index contributed by atoms with van der Waals surface area (Å²) in [5.74, 6) is -2.12. The first-order chi connectivity index (χ1) is 13.1. The summed E-state index contributed by atoms with van der Waals surface area (Å²) in [6.45, 7) is 4.76. The number of carbonyl (C=O) groups excluding carboxylic acids is 2. The van der Waals surface area contributed by atoms with Crippen LogP contribution in [-0.4, -0.2) is 45.4 Å². The highest BCUT2D eigenvalue weighted by molar-refractivity contribution is 6.00. The SMILES string of the molecule is CC=CC1=CC2=CC(=O)[C@@](C)(O)[C@@H](OC(=O)c3c(C)cc(O)cc3O)[C@@H]2CO1. The van der Waals surface area contributed by atoms with Crippen molar-refractivity contribution >= 4 is 11.8 Å². The second-order valence-electron chi connectivity index (χ2n) is 7.10. The van der Waals surface area contributed by atoms with Crippen molar-refractivity contribution in [2.24, 2.45) is 5.92 Å². The lowest BCUT2D eigenvalue weighted by molar-refractivity contribution is -0.151. The van der Waals surface area contributed by atoms with Gasteiger partial charge >= 0.3 is 5.97 Å². The fraction of sp³-hybridized carbons (Fsp3) is 0.333. The van der Waals surface area contributed by atoms with E-state index in [1.807, 2.05) is 6.92 Å². The number of hydrogen-bond donors (Lipinski definition) is 3. The summed E-state index contributed by atoms with van der Waals surface area (Å²) >= 11 is 0. The molecule has 0 bridgehead atoms. The van der Waals surface area contributed by atoms with Gasteiger partial charge in [-0.3, -0.25) is 4.79 Å². The largest absolute Gasteiger partial charge is 0.508 e. The third-order valence-corrected chi connectivity index (χ3v) is 4.95. The van der Waals surface area contributed by atoms with Gasteiger partial charge in [0.15, 0.2) is 11.4 Å². The summed E-state index contributed by atoms with van der Waals surface area (Å²) in [5, 5.41) is 30.3. The van der Waals surface area contributed by atoms with Gasteiger partial charge < -0.3 is 24.8 Å². The summed E-state index contributed by atoms with van der Waals surface area (Å²) in [6, 6.07) is 2.33. The molecular weight excluding hydrogens is 364 g/mol. The molecule has 3 atom stereocenters. The van der Waals surface area contributed by atoms with Crippen molar-refractivity contribution in [2.45, 2.75) is 32.5 Å². The van der Waals surface area contributed by atoms with Crippen molar-refractivity contribution in [3.8, 4) is 11.5 Å². The predicted molar refractivity (Wildman–Crippen MR) is 99.8 cm³/mol. The van der Waals surface area contributed by atoms with Crippen LogP contribution in [0.3, 0.4) is 0 Å². The number of aliphatic hydroxyl groups is 1. The van der Waals surface area contributed by atoms with E-state index in [2.05, 4.69) is 0 Å². The Morgan fingerprint density at radius 2 is 2.04 bits per heavy atom. The second-order valence-corrected chi connectivity index (χ2v) is 7.10. The molecule has 7 nitrogen and oxygen atoms in total. The summed E-state index contributed by atoms with van der Waals surface area (Å²) in [5.41, 5.74) is -1.19. The third-order valence-electron chi connectivity index (χ3n) is 4.95. The van der Waals surface area contributed by atoms with E-state index in [1.54, 1.807) is 18.2 Å². The molecule has 28 heavy (non-hydrogen) atoms. The Bertz CT molecular complexity index is 898. The van der Waals surface area contributed by atoms with Gasteiger partial charge in [-0.15, -0.1) is 0 Å². The van der Waals surface area contributed by atoms with Crippen molar-refractivity contribution in [1.29, 1.82) is 0 Å². The summed E-state index contributed by atoms with van der Waals surface area (Å²) in [7, 11) is 0. The molecule has 2 aliphatic rings. The van der Waals surface area contributed by atoms with Gasteiger partial charge in [0.1, 0.15) is 28.9 Å². The molecule has 7 heteroatoms. The van der Waals surface area contributed by atoms with Crippen molar-refractivity contribution in [3.63, 3.8) is 0 Å².